The van der Waals surface area contributed by atoms with Crippen molar-refractivity contribution in [2.24, 2.45) is 0 Å². The minimum atomic E-state index is 0. The van der Waals surface area contributed by atoms with E-state index in [0.717, 1.165) is 72.4 Å². The summed E-state index contributed by atoms with van der Waals surface area (Å²) in [6, 6.07) is 51.4. The Balaban J connectivity index is 0.00000138. The molecule has 255 valence electrons. The summed E-state index contributed by atoms with van der Waals surface area (Å²) in [5.74, 6) is 0.129. The molecule has 3 N–H and O–H groups in total. The summed E-state index contributed by atoms with van der Waals surface area (Å²) < 4.78 is 7.94. The van der Waals surface area contributed by atoms with E-state index in [4.69, 9.17) is 13.8 Å². The van der Waals surface area contributed by atoms with Crippen molar-refractivity contribution >= 4 is 45.6 Å². The van der Waals surface area contributed by atoms with Crippen molar-refractivity contribution in [2.75, 3.05) is 0 Å². The van der Waals surface area contributed by atoms with Crippen LogP contribution in [0.15, 0.2) is 152 Å². The van der Waals surface area contributed by atoms with Crippen molar-refractivity contribution in [3.05, 3.63) is 187 Å². The number of aromatic amines is 2. The van der Waals surface area contributed by atoms with E-state index in [1.54, 1.807) is 0 Å². The predicted octanol–water partition coefficient (Wildman–Crippen LogP) is 11.3. The Hall–Kier alpha value is -6.41. The van der Waals surface area contributed by atoms with Gasteiger partial charge in [-0.3, -0.25) is 0 Å². The number of nitrogens with one attached hydrogen (secondary N) is 2. The molecule has 9 rings (SSSR count). The van der Waals surface area contributed by atoms with Gasteiger partial charge in [-0.1, -0.05) is 121 Å². The fourth-order valence-corrected chi connectivity index (χ4v) is 6.85. The molecule has 7 aromatic rings. The number of nitrogens with zero attached hydrogens (tertiary/aromatic N) is 2. The number of hydrogen-bond donors (Lipinski definition) is 3. The van der Waals surface area contributed by atoms with Gasteiger partial charge in [0, 0.05) is 33.2 Å². The van der Waals surface area contributed by atoms with Crippen molar-refractivity contribution in [1.82, 2.24) is 19.9 Å². The summed E-state index contributed by atoms with van der Waals surface area (Å²) in [5.41, 5.74) is 14.1. The molecule has 8 bridgehead atoms. The zero-order valence-electron chi connectivity index (χ0n) is 28.2. The average Bonchev–Trinajstić information content (AvgIpc) is 3.98. The number of hydrogen-bond acceptors (Lipinski definition) is 4. The van der Waals surface area contributed by atoms with E-state index in [1.165, 1.54) is 0 Å². The van der Waals surface area contributed by atoms with Crippen molar-refractivity contribution in [2.45, 2.75) is 0 Å². The first-order valence-electron chi connectivity index (χ1n) is 16.5. The van der Waals surface area contributed by atoms with Crippen LogP contribution in [0.3, 0.4) is 0 Å². The number of benzene rings is 4. The van der Waals surface area contributed by atoms with Crippen LogP contribution in [0.25, 0.3) is 78.9 Å². The topological polar surface area (TPSA) is 94.7 Å². The second kappa shape index (κ2) is 14.8. The van der Waals surface area contributed by atoms with E-state index in [2.05, 4.69) is 98.4 Å². The summed E-state index contributed by atoms with van der Waals surface area (Å²) in [7, 11) is 0. The molecule has 7 heteroatoms. The van der Waals surface area contributed by atoms with E-state index < -0.39 is 0 Å². The van der Waals surface area contributed by atoms with Crippen molar-refractivity contribution in [3.8, 4) is 33.4 Å². The molecule has 3 aromatic heterocycles. The second-order valence-electron chi connectivity index (χ2n) is 12.2. The predicted molar refractivity (Wildman–Crippen MR) is 208 cm³/mol. The van der Waals surface area contributed by atoms with Gasteiger partial charge in [0.1, 0.15) is 5.69 Å². The Kier molecular flexibility index (Phi) is 9.71. The van der Waals surface area contributed by atoms with Gasteiger partial charge in [0.15, 0.2) is 5.76 Å². The number of H-pyrrole nitrogens is 2. The van der Waals surface area contributed by atoms with Crippen LogP contribution >= 0.6 is 0 Å². The molecule has 0 aliphatic carbocycles. The molecular weight excluding hydrogens is 687 g/mol. The fourth-order valence-electron chi connectivity index (χ4n) is 6.85. The van der Waals surface area contributed by atoms with E-state index in [0.29, 0.717) is 17.0 Å². The molecule has 52 heavy (non-hydrogen) atoms. The quantitative estimate of drug-likeness (QED) is 0.158. The molecule has 0 atom stereocenters. The molecule has 2 aliphatic rings. The van der Waals surface area contributed by atoms with Crippen LogP contribution in [0.5, 0.6) is 0 Å². The maximum absolute atomic E-state index is 12.1. The molecule has 4 aromatic carbocycles. The zero-order valence-corrected chi connectivity index (χ0v) is 29.2. The van der Waals surface area contributed by atoms with Gasteiger partial charge in [-0.05, 0) is 64.7 Å². The molecule has 5 heterocycles. The standard InChI is InChI=1S/C44H30N4O.CH3.Co.O/c49-44-37-27-35-24-22-33(46-35)25-32-21-23-34(45-32)26-36-38(28-13-5-1-6-14-28)39(29-15-7-2-8-16-29)42(47-36)40(30-17-9-3-10-18-30)43(48-37)41(44)31-19-11-4-12-20-31;;;/h1-27,46-47,49H;1H3;;/q;-1;;. The molecule has 0 amide bonds. The first-order chi connectivity index (χ1) is 25.2. The first kappa shape index (κ1) is 34.1. The van der Waals surface area contributed by atoms with Crippen LogP contribution in [0.2, 0.25) is 0 Å². The van der Waals surface area contributed by atoms with Gasteiger partial charge in [0.05, 0.1) is 28.2 Å². The molecule has 0 fully saturated rings. The Bertz CT molecular complexity index is 2610. The van der Waals surface area contributed by atoms with E-state index >= 15 is 0 Å². The van der Waals surface area contributed by atoms with Gasteiger partial charge < -0.3 is 22.5 Å². The van der Waals surface area contributed by atoms with Crippen molar-refractivity contribution in [1.29, 1.82) is 0 Å². The number of fused-ring (bicyclic) bond motifs is 8. The summed E-state index contributed by atoms with van der Waals surface area (Å²) in [4.78, 5) is 17.6. The Morgan fingerprint density at radius 3 is 1.56 bits per heavy atom. The summed E-state index contributed by atoms with van der Waals surface area (Å²) in [6.07, 6.45) is 4.08. The van der Waals surface area contributed by atoms with Gasteiger partial charge in [-0.2, -0.15) is 0 Å². The Morgan fingerprint density at radius 1 is 0.500 bits per heavy atom. The third-order valence-corrected chi connectivity index (χ3v) is 9.02. The summed E-state index contributed by atoms with van der Waals surface area (Å²) >= 11 is 2.31. The minimum absolute atomic E-state index is 0. The number of rotatable bonds is 4. The average molecular weight is 721 g/mol. The molecule has 2 aliphatic heterocycles. The van der Waals surface area contributed by atoms with Gasteiger partial charge in [-0.15, -0.1) is 0 Å². The third kappa shape index (κ3) is 6.35. The second-order valence-corrected chi connectivity index (χ2v) is 12.2. The molecule has 0 radical (unpaired) electrons. The molecule has 0 saturated carbocycles. The Morgan fingerprint density at radius 2 is 0.981 bits per heavy atom. The molecule has 0 spiro atoms. The monoisotopic (exact) mass is 720 g/mol. The van der Waals surface area contributed by atoms with Crippen LogP contribution in [0.1, 0.15) is 28.3 Å². The van der Waals surface area contributed by atoms with Crippen LogP contribution in [-0.2, 0) is 19.5 Å². The molecule has 0 saturated heterocycles. The molecule has 6 nitrogen and oxygen atoms in total. The van der Waals surface area contributed by atoms with Crippen LogP contribution in [-0.4, -0.2) is 25.0 Å². The number of aromatic nitrogens is 4. The van der Waals surface area contributed by atoms with Crippen molar-refractivity contribution in [3.63, 3.8) is 0 Å². The van der Waals surface area contributed by atoms with E-state index in [9.17, 15) is 5.11 Å². The molecular formula is C45H33CoN4O2-. The van der Waals surface area contributed by atoms with Crippen LogP contribution in [0, 0.1) is 7.43 Å². The molecule has 0 unspecified atom stereocenters. The van der Waals surface area contributed by atoms with Gasteiger partial charge in [-0.25, -0.2) is 9.97 Å². The Labute approximate surface area is 309 Å². The van der Waals surface area contributed by atoms with E-state index in [1.807, 2.05) is 91.0 Å². The third-order valence-electron chi connectivity index (χ3n) is 9.02. The number of aliphatic hydroxyl groups is 1. The maximum atomic E-state index is 12.1. The van der Waals surface area contributed by atoms with Crippen LogP contribution < -0.4 is 0 Å². The van der Waals surface area contributed by atoms with E-state index in [-0.39, 0.29) is 13.2 Å². The number of aliphatic hydroxyl groups excluding tert-OH is 1. The van der Waals surface area contributed by atoms with Gasteiger partial charge in [0.25, 0.3) is 0 Å². The van der Waals surface area contributed by atoms with Gasteiger partial charge in [0.2, 0.25) is 0 Å². The summed E-state index contributed by atoms with van der Waals surface area (Å²) in [5, 5.41) is 12.1. The fraction of sp³-hybridized carbons (Fsp3) is 0. The zero-order chi connectivity index (χ0) is 34.7. The SMILES string of the molecule is OC1=C(c2ccccc2)c2nc1cc1ccc(cc3nc(cc4[nH]c(c2-c2ccccc2)c(-c2ccccc2)c4-c2ccccc2)C=C3)[nH]1.[CH3-].[O]=[Co]. The van der Waals surface area contributed by atoms with Crippen molar-refractivity contribution < 1.29 is 24.6 Å². The normalized spacial score (nSPS) is 11.8. The first-order valence-corrected chi connectivity index (χ1v) is 16.9. The van der Waals surface area contributed by atoms with Gasteiger partial charge >= 0.3 is 19.5 Å². The summed E-state index contributed by atoms with van der Waals surface area (Å²) in [6.45, 7) is 0. The van der Waals surface area contributed by atoms with Crippen LogP contribution in [0.4, 0.5) is 0 Å².